The van der Waals surface area contributed by atoms with Crippen LogP contribution in [0.15, 0.2) is 22.7 Å². The number of allylic oxidation sites excluding steroid dienone is 2. The summed E-state index contributed by atoms with van der Waals surface area (Å²) in [6.07, 6.45) is 7.14. The summed E-state index contributed by atoms with van der Waals surface area (Å²) in [5.74, 6) is 2.43. The number of hydrogen-bond acceptors (Lipinski definition) is 3. The predicted molar refractivity (Wildman–Crippen MR) is 49.0 cm³/mol. The van der Waals surface area contributed by atoms with Crippen LogP contribution in [0.2, 0.25) is 0 Å². The van der Waals surface area contributed by atoms with Gasteiger partial charge in [0.1, 0.15) is 0 Å². The first kappa shape index (κ1) is 7.18. The fraction of sp³-hybridized carbons (Fsp3) is 0.500. The molecule has 1 saturated carbocycles. The Morgan fingerprint density at radius 3 is 2.85 bits per heavy atom. The molecule has 2 aliphatic carbocycles. The van der Waals surface area contributed by atoms with Crippen molar-refractivity contribution in [3.63, 3.8) is 0 Å². The van der Waals surface area contributed by atoms with Crippen LogP contribution in [0, 0.1) is 11.8 Å². The number of nitrogens with zero attached hydrogens (tertiary/aromatic N) is 1. The van der Waals surface area contributed by atoms with Crippen molar-refractivity contribution in [2.24, 2.45) is 11.8 Å². The monoisotopic (exact) mass is 176 g/mol. The van der Waals surface area contributed by atoms with E-state index in [9.17, 15) is 0 Å². The van der Waals surface area contributed by atoms with Crippen LogP contribution in [0.25, 0.3) is 0 Å². The Bertz CT molecular complexity index is 356. The Morgan fingerprint density at radius 1 is 1.38 bits per heavy atom. The maximum absolute atomic E-state index is 5.50. The Labute approximate surface area is 76.6 Å². The van der Waals surface area contributed by atoms with Crippen molar-refractivity contribution < 1.29 is 4.52 Å². The number of rotatable bonds is 1. The highest BCUT2D eigenvalue weighted by Crippen LogP contribution is 2.48. The van der Waals surface area contributed by atoms with E-state index in [4.69, 9.17) is 10.3 Å². The lowest BCUT2D eigenvalue weighted by atomic mass is 9.91. The standard InChI is InChI=1S/C10H12N2O/c11-10-5-9(12-13-10)8-4-6-1-2-7(8)3-6/h1-2,5-8H,3-4,11H2. The topological polar surface area (TPSA) is 52.0 Å². The molecule has 2 N–H and O–H groups in total. The van der Waals surface area contributed by atoms with Crippen molar-refractivity contribution in [2.45, 2.75) is 18.8 Å². The summed E-state index contributed by atoms with van der Waals surface area (Å²) in [5.41, 5.74) is 6.53. The largest absolute Gasteiger partial charge is 0.368 e. The van der Waals surface area contributed by atoms with Crippen LogP contribution in [0.3, 0.4) is 0 Å². The fourth-order valence-corrected chi connectivity index (χ4v) is 2.60. The van der Waals surface area contributed by atoms with Crippen LogP contribution in [0.5, 0.6) is 0 Å². The van der Waals surface area contributed by atoms with Crippen molar-refractivity contribution in [1.29, 1.82) is 0 Å². The molecule has 1 aromatic heterocycles. The molecule has 3 heteroatoms. The second-order valence-corrected chi connectivity index (χ2v) is 4.04. The number of aromatic nitrogens is 1. The average molecular weight is 176 g/mol. The van der Waals surface area contributed by atoms with Gasteiger partial charge in [-0.3, -0.25) is 0 Å². The maximum atomic E-state index is 5.50. The van der Waals surface area contributed by atoms with Crippen molar-refractivity contribution in [3.8, 4) is 0 Å². The molecule has 13 heavy (non-hydrogen) atoms. The van der Waals surface area contributed by atoms with Crippen LogP contribution >= 0.6 is 0 Å². The molecule has 3 unspecified atom stereocenters. The number of nitrogen functional groups attached to an aromatic ring is 1. The van der Waals surface area contributed by atoms with E-state index in [0.29, 0.717) is 17.7 Å². The molecule has 2 bridgehead atoms. The molecule has 2 aliphatic rings. The van der Waals surface area contributed by atoms with Gasteiger partial charge in [-0.05, 0) is 24.7 Å². The van der Waals surface area contributed by atoms with Gasteiger partial charge in [0.15, 0.2) is 0 Å². The number of fused-ring (bicyclic) bond motifs is 2. The minimum absolute atomic E-state index is 0.432. The Morgan fingerprint density at radius 2 is 2.31 bits per heavy atom. The third-order valence-corrected chi connectivity index (χ3v) is 3.21. The summed E-state index contributed by atoms with van der Waals surface area (Å²) >= 11 is 0. The number of nitrogens with two attached hydrogens (primary N) is 1. The molecule has 3 atom stereocenters. The molecule has 0 spiro atoms. The van der Waals surface area contributed by atoms with Crippen LogP contribution in [-0.2, 0) is 0 Å². The third kappa shape index (κ3) is 0.996. The zero-order chi connectivity index (χ0) is 8.84. The van der Waals surface area contributed by atoms with Crippen molar-refractivity contribution in [3.05, 3.63) is 23.9 Å². The Balaban J connectivity index is 1.91. The smallest absolute Gasteiger partial charge is 0.222 e. The predicted octanol–water partition coefficient (Wildman–Crippen LogP) is 1.94. The van der Waals surface area contributed by atoms with Gasteiger partial charge in [0.25, 0.3) is 0 Å². The van der Waals surface area contributed by atoms with Gasteiger partial charge in [0, 0.05) is 12.0 Å². The highest BCUT2D eigenvalue weighted by atomic mass is 16.5. The molecule has 0 radical (unpaired) electrons. The van der Waals surface area contributed by atoms with Gasteiger partial charge in [-0.2, -0.15) is 0 Å². The summed E-state index contributed by atoms with van der Waals surface area (Å²) in [6, 6.07) is 1.86. The van der Waals surface area contributed by atoms with E-state index in [1.54, 1.807) is 0 Å². The third-order valence-electron chi connectivity index (χ3n) is 3.21. The molecule has 0 saturated heterocycles. The minimum atomic E-state index is 0.432. The Hall–Kier alpha value is -1.25. The fourth-order valence-electron chi connectivity index (χ4n) is 2.60. The lowest BCUT2D eigenvalue weighted by molar-refractivity contribution is 0.411. The molecule has 68 valence electrons. The minimum Gasteiger partial charge on any atom is -0.368 e. The summed E-state index contributed by atoms with van der Waals surface area (Å²) in [5, 5.41) is 3.98. The zero-order valence-corrected chi connectivity index (χ0v) is 7.31. The molecule has 1 fully saturated rings. The highest BCUT2D eigenvalue weighted by Gasteiger charge is 2.37. The number of hydrogen-bond donors (Lipinski definition) is 1. The van der Waals surface area contributed by atoms with Gasteiger partial charge in [-0.25, -0.2) is 0 Å². The van der Waals surface area contributed by atoms with Gasteiger partial charge in [0.2, 0.25) is 5.88 Å². The average Bonchev–Trinajstić information content (AvgIpc) is 2.77. The molecular weight excluding hydrogens is 164 g/mol. The van der Waals surface area contributed by atoms with Crippen LogP contribution < -0.4 is 5.73 Å². The second kappa shape index (κ2) is 2.37. The number of anilines is 1. The van der Waals surface area contributed by atoms with Crippen molar-refractivity contribution in [2.75, 3.05) is 5.73 Å². The normalized spacial score (nSPS) is 35.8. The molecule has 1 heterocycles. The molecule has 0 aromatic carbocycles. The van der Waals surface area contributed by atoms with E-state index in [-0.39, 0.29) is 0 Å². The first-order valence-corrected chi connectivity index (χ1v) is 4.73. The quantitative estimate of drug-likeness (QED) is 0.665. The van der Waals surface area contributed by atoms with E-state index in [1.807, 2.05) is 6.07 Å². The molecule has 0 amide bonds. The molecule has 0 aliphatic heterocycles. The highest BCUT2D eigenvalue weighted by molar-refractivity contribution is 5.30. The van der Waals surface area contributed by atoms with Gasteiger partial charge < -0.3 is 10.3 Å². The van der Waals surface area contributed by atoms with Gasteiger partial charge in [-0.15, -0.1) is 0 Å². The molecule has 3 rings (SSSR count). The van der Waals surface area contributed by atoms with E-state index in [2.05, 4.69) is 17.3 Å². The molecule has 1 aromatic rings. The van der Waals surface area contributed by atoms with Crippen LogP contribution in [0.1, 0.15) is 24.5 Å². The summed E-state index contributed by atoms with van der Waals surface area (Å²) in [4.78, 5) is 0. The summed E-state index contributed by atoms with van der Waals surface area (Å²) in [7, 11) is 0. The van der Waals surface area contributed by atoms with E-state index >= 15 is 0 Å². The summed E-state index contributed by atoms with van der Waals surface area (Å²) in [6.45, 7) is 0. The van der Waals surface area contributed by atoms with Crippen LogP contribution in [0.4, 0.5) is 5.88 Å². The van der Waals surface area contributed by atoms with Gasteiger partial charge in [-0.1, -0.05) is 17.3 Å². The second-order valence-electron chi connectivity index (χ2n) is 4.04. The van der Waals surface area contributed by atoms with Gasteiger partial charge in [0.05, 0.1) is 5.69 Å². The lowest BCUT2D eigenvalue weighted by Crippen LogP contribution is -2.04. The van der Waals surface area contributed by atoms with Crippen LogP contribution in [-0.4, -0.2) is 5.16 Å². The maximum Gasteiger partial charge on any atom is 0.222 e. The first-order valence-electron chi connectivity index (χ1n) is 4.73. The van der Waals surface area contributed by atoms with E-state index < -0.39 is 0 Å². The molecule has 3 nitrogen and oxygen atoms in total. The Kier molecular flexibility index (Phi) is 1.31. The zero-order valence-electron chi connectivity index (χ0n) is 7.31. The lowest BCUT2D eigenvalue weighted by Gasteiger charge is -2.13. The SMILES string of the molecule is Nc1cc(C2CC3C=CC2C3)no1. The van der Waals surface area contributed by atoms with Gasteiger partial charge >= 0.3 is 0 Å². The first-order chi connectivity index (χ1) is 6.33. The van der Waals surface area contributed by atoms with E-state index in [1.165, 1.54) is 12.8 Å². The summed E-state index contributed by atoms with van der Waals surface area (Å²) < 4.78 is 4.89. The van der Waals surface area contributed by atoms with Crippen molar-refractivity contribution in [1.82, 2.24) is 5.16 Å². The van der Waals surface area contributed by atoms with Crippen molar-refractivity contribution >= 4 is 5.88 Å². The van der Waals surface area contributed by atoms with E-state index in [0.717, 1.165) is 11.6 Å². The molecular formula is C10H12N2O.